The normalized spacial score (nSPS) is 11.0. The zero-order chi connectivity index (χ0) is 13.4. The molecule has 0 radical (unpaired) electrons. The fourth-order valence-corrected chi connectivity index (χ4v) is 2.27. The van der Waals surface area contributed by atoms with Gasteiger partial charge >= 0.3 is 0 Å². The Kier molecular flexibility index (Phi) is 2.56. The molecule has 0 saturated carbocycles. The van der Waals surface area contributed by atoms with E-state index in [1.165, 1.54) is 6.20 Å². The third-order valence-corrected chi connectivity index (χ3v) is 3.17. The maximum atomic E-state index is 11.4. The summed E-state index contributed by atoms with van der Waals surface area (Å²) in [5, 5.41) is 7.80. The predicted octanol–water partition coefficient (Wildman–Crippen LogP) is 1.61. The third kappa shape index (κ3) is 1.77. The molecule has 0 aliphatic heterocycles. The van der Waals surface area contributed by atoms with Crippen LogP contribution in [0.2, 0.25) is 0 Å². The number of hydrogen-bond acceptors (Lipinski definition) is 3. The molecule has 6 nitrogen and oxygen atoms in total. The van der Waals surface area contributed by atoms with Crippen LogP contribution in [-0.2, 0) is 6.42 Å². The number of nitrogens with one attached hydrogen (secondary N) is 2. The number of carbonyl (C=O) groups excluding carboxylic acids is 1. The summed E-state index contributed by atoms with van der Waals surface area (Å²) in [4.78, 5) is 18.9. The van der Waals surface area contributed by atoms with Crippen LogP contribution in [0, 0.1) is 0 Å². The molecule has 0 aliphatic carbocycles. The van der Waals surface area contributed by atoms with Gasteiger partial charge in [-0.1, -0.05) is 6.92 Å². The molecule has 0 fully saturated rings. The summed E-state index contributed by atoms with van der Waals surface area (Å²) in [6.45, 7) is 1.99. The van der Waals surface area contributed by atoms with Crippen LogP contribution in [0.4, 0.5) is 0 Å². The molecular formula is C13H13N5O. The van der Waals surface area contributed by atoms with Crippen molar-refractivity contribution in [3.05, 3.63) is 35.7 Å². The first kappa shape index (κ1) is 11.5. The van der Waals surface area contributed by atoms with Crippen molar-refractivity contribution in [1.82, 2.24) is 20.2 Å². The molecule has 96 valence electrons. The number of nitrogens with zero attached hydrogens (tertiary/aromatic N) is 2. The van der Waals surface area contributed by atoms with E-state index in [-0.39, 0.29) is 0 Å². The minimum atomic E-state index is -0.450. The number of aromatic amines is 2. The van der Waals surface area contributed by atoms with Gasteiger partial charge in [-0.25, -0.2) is 4.98 Å². The molecule has 4 N–H and O–H groups in total. The molecule has 0 aliphatic rings. The minimum absolute atomic E-state index is 0.450. The largest absolute Gasteiger partial charge is 0.366 e. The monoisotopic (exact) mass is 255 g/mol. The van der Waals surface area contributed by atoms with Crippen molar-refractivity contribution < 1.29 is 4.79 Å². The van der Waals surface area contributed by atoms with Crippen molar-refractivity contribution in [2.45, 2.75) is 13.3 Å². The molecule has 3 aromatic heterocycles. The molecule has 0 spiro atoms. The molecule has 1 amide bonds. The van der Waals surface area contributed by atoms with E-state index < -0.39 is 5.91 Å². The highest BCUT2D eigenvalue weighted by Gasteiger charge is 2.14. The molecule has 3 aromatic rings. The standard InChI is InChI=1S/C13H13N5O/c1-2-7-8-5-11(10-3-4-16-18-10)17-13(8)15-6-9(7)12(14)19/h3-6H,2H2,1H3,(H2,14,19)(H,15,17)(H,16,18). The highest BCUT2D eigenvalue weighted by Crippen LogP contribution is 2.26. The van der Waals surface area contributed by atoms with E-state index in [1.807, 2.05) is 19.1 Å². The lowest BCUT2D eigenvalue weighted by atomic mass is 10.0. The van der Waals surface area contributed by atoms with Gasteiger partial charge in [-0.05, 0) is 24.1 Å². The Morgan fingerprint density at radius 3 is 2.95 bits per heavy atom. The van der Waals surface area contributed by atoms with Crippen molar-refractivity contribution in [1.29, 1.82) is 0 Å². The third-order valence-electron chi connectivity index (χ3n) is 3.17. The van der Waals surface area contributed by atoms with E-state index in [1.54, 1.807) is 6.20 Å². The van der Waals surface area contributed by atoms with Crippen LogP contribution in [0.1, 0.15) is 22.8 Å². The average Bonchev–Trinajstić information content (AvgIpc) is 3.05. The van der Waals surface area contributed by atoms with Crippen molar-refractivity contribution in [3.8, 4) is 11.4 Å². The minimum Gasteiger partial charge on any atom is -0.366 e. The van der Waals surface area contributed by atoms with E-state index in [4.69, 9.17) is 5.73 Å². The molecule has 0 unspecified atom stereocenters. The summed E-state index contributed by atoms with van der Waals surface area (Å²) in [5.41, 5.74) is 9.17. The SMILES string of the molecule is CCc1c(C(N)=O)cnc2[nH]c(-c3cc[nH]n3)cc12. The molecule has 0 saturated heterocycles. The number of H-pyrrole nitrogens is 2. The zero-order valence-electron chi connectivity index (χ0n) is 10.4. The summed E-state index contributed by atoms with van der Waals surface area (Å²) in [6, 6.07) is 3.81. The van der Waals surface area contributed by atoms with E-state index in [0.29, 0.717) is 5.56 Å². The van der Waals surface area contributed by atoms with Crippen LogP contribution in [0.25, 0.3) is 22.4 Å². The second-order valence-electron chi connectivity index (χ2n) is 4.27. The van der Waals surface area contributed by atoms with Gasteiger partial charge < -0.3 is 10.7 Å². The molecule has 0 bridgehead atoms. The smallest absolute Gasteiger partial charge is 0.250 e. The number of carbonyl (C=O) groups is 1. The summed E-state index contributed by atoms with van der Waals surface area (Å²) >= 11 is 0. The van der Waals surface area contributed by atoms with E-state index in [2.05, 4.69) is 20.2 Å². The number of primary amides is 1. The lowest BCUT2D eigenvalue weighted by Crippen LogP contribution is -2.14. The van der Waals surface area contributed by atoms with Crippen molar-refractivity contribution in [2.75, 3.05) is 0 Å². The van der Waals surface area contributed by atoms with Crippen molar-refractivity contribution >= 4 is 16.9 Å². The highest BCUT2D eigenvalue weighted by molar-refractivity contribution is 5.99. The van der Waals surface area contributed by atoms with Gasteiger partial charge in [0.2, 0.25) is 0 Å². The summed E-state index contributed by atoms with van der Waals surface area (Å²) in [5.74, 6) is -0.450. The predicted molar refractivity (Wildman–Crippen MR) is 71.6 cm³/mol. The molecule has 0 aromatic carbocycles. The second kappa shape index (κ2) is 4.24. The first-order valence-electron chi connectivity index (χ1n) is 6.01. The lowest BCUT2D eigenvalue weighted by Gasteiger charge is -2.04. The quantitative estimate of drug-likeness (QED) is 0.662. The van der Waals surface area contributed by atoms with Crippen LogP contribution in [-0.4, -0.2) is 26.1 Å². The van der Waals surface area contributed by atoms with Crippen molar-refractivity contribution in [3.63, 3.8) is 0 Å². The number of amides is 1. The molecule has 3 rings (SSSR count). The van der Waals surface area contributed by atoms with Gasteiger partial charge in [0.15, 0.2) is 0 Å². The summed E-state index contributed by atoms with van der Waals surface area (Å²) in [6.07, 6.45) is 3.99. The zero-order valence-corrected chi connectivity index (χ0v) is 10.4. The van der Waals surface area contributed by atoms with Gasteiger partial charge in [-0.15, -0.1) is 0 Å². The Labute approximate surface area is 109 Å². The fraction of sp³-hybridized carbons (Fsp3) is 0.154. The van der Waals surface area contributed by atoms with Gasteiger partial charge in [0.1, 0.15) is 11.3 Å². The Morgan fingerprint density at radius 2 is 2.32 bits per heavy atom. The maximum absolute atomic E-state index is 11.4. The summed E-state index contributed by atoms with van der Waals surface area (Å²) in [7, 11) is 0. The van der Waals surface area contributed by atoms with E-state index in [0.717, 1.165) is 34.4 Å². The number of aryl methyl sites for hydroxylation is 1. The van der Waals surface area contributed by atoms with Crippen LogP contribution < -0.4 is 5.73 Å². The van der Waals surface area contributed by atoms with Crippen LogP contribution >= 0.6 is 0 Å². The average molecular weight is 255 g/mol. The molecule has 3 heterocycles. The van der Waals surface area contributed by atoms with Crippen molar-refractivity contribution in [2.24, 2.45) is 5.73 Å². The Balaban J connectivity index is 2.25. The Hall–Kier alpha value is -2.63. The molecule has 6 heteroatoms. The molecular weight excluding hydrogens is 242 g/mol. The van der Waals surface area contributed by atoms with Gasteiger partial charge in [-0.3, -0.25) is 9.89 Å². The maximum Gasteiger partial charge on any atom is 0.250 e. The fourth-order valence-electron chi connectivity index (χ4n) is 2.27. The number of pyridine rings is 1. The first-order chi connectivity index (χ1) is 9.20. The highest BCUT2D eigenvalue weighted by atomic mass is 16.1. The first-order valence-corrected chi connectivity index (χ1v) is 6.01. The van der Waals surface area contributed by atoms with Gasteiger partial charge in [-0.2, -0.15) is 5.10 Å². The van der Waals surface area contributed by atoms with Gasteiger partial charge in [0.05, 0.1) is 11.3 Å². The summed E-state index contributed by atoms with van der Waals surface area (Å²) < 4.78 is 0. The second-order valence-corrected chi connectivity index (χ2v) is 4.27. The lowest BCUT2D eigenvalue weighted by molar-refractivity contribution is 0.0999. The number of fused-ring (bicyclic) bond motifs is 1. The number of aromatic nitrogens is 4. The molecule has 0 atom stereocenters. The van der Waals surface area contributed by atoms with E-state index >= 15 is 0 Å². The number of nitrogens with two attached hydrogens (primary N) is 1. The Morgan fingerprint density at radius 1 is 1.47 bits per heavy atom. The molecule has 19 heavy (non-hydrogen) atoms. The topological polar surface area (TPSA) is 100 Å². The van der Waals surface area contributed by atoms with Crippen LogP contribution in [0.15, 0.2) is 24.5 Å². The van der Waals surface area contributed by atoms with Crippen LogP contribution in [0.3, 0.4) is 0 Å². The van der Waals surface area contributed by atoms with Crippen LogP contribution in [0.5, 0.6) is 0 Å². The Bertz CT molecular complexity index is 742. The van der Waals surface area contributed by atoms with Gasteiger partial charge in [0, 0.05) is 17.8 Å². The van der Waals surface area contributed by atoms with Gasteiger partial charge in [0.25, 0.3) is 5.91 Å². The number of hydrogen-bond donors (Lipinski definition) is 3. The number of rotatable bonds is 3. The van der Waals surface area contributed by atoms with E-state index in [9.17, 15) is 4.79 Å².